The predicted octanol–water partition coefficient (Wildman–Crippen LogP) is 1.59. The molecule has 0 spiro atoms. The molecule has 1 N–H and O–H groups in total. The van der Waals surface area contributed by atoms with E-state index in [-0.39, 0.29) is 11.7 Å². The summed E-state index contributed by atoms with van der Waals surface area (Å²) in [5.41, 5.74) is 0.331. The van der Waals surface area contributed by atoms with E-state index in [1.165, 1.54) is 30.5 Å². The Hall–Kier alpha value is -3.21. The normalized spacial score (nSPS) is 11.0. The Kier molecular flexibility index (Phi) is 6.74. The first-order valence-electron chi connectivity index (χ1n) is 9.63. The lowest BCUT2D eigenvalue weighted by Crippen LogP contribution is -2.37. The molecule has 3 rings (SSSR count). The Bertz CT molecular complexity index is 1240. The van der Waals surface area contributed by atoms with Crippen LogP contribution in [-0.2, 0) is 25.4 Å². The number of nitrogens with one attached hydrogen (secondary N) is 1. The Morgan fingerprint density at radius 1 is 1.16 bits per heavy atom. The molecule has 0 aliphatic heterocycles. The minimum atomic E-state index is -0.445. The van der Waals surface area contributed by atoms with E-state index in [1.807, 2.05) is 6.92 Å². The summed E-state index contributed by atoms with van der Waals surface area (Å²) < 4.78 is 14.6. The van der Waals surface area contributed by atoms with Gasteiger partial charge in [0.1, 0.15) is 11.5 Å². The number of methoxy groups -OCH3 is 2. The van der Waals surface area contributed by atoms with Gasteiger partial charge in [0.25, 0.3) is 5.56 Å². The molecule has 166 valence electrons. The van der Waals surface area contributed by atoms with E-state index in [1.54, 1.807) is 36.9 Å². The van der Waals surface area contributed by atoms with E-state index in [0.717, 1.165) is 11.0 Å². The smallest absolute Gasteiger partial charge is 0.332 e. The van der Waals surface area contributed by atoms with E-state index < -0.39 is 11.2 Å². The summed E-state index contributed by atoms with van der Waals surface area (Å²) in [6.07, 6.45) is 0.764. The largest absolute Gasteiger partial charge is 0.497 e. The van der Waals surface area contributed by atoms with Gasteiger partial charge in [-0.05, 0) is 18.6 Å². The summed E-state index contributed by atoms with van der Waals surface area (Å²) in [5, 5.41) is 3.32. The zero-order chi connectivity index (χ0) is 22.7. The number of anilines is 1. The summed E-state index contributed by atoms with van der Waals surface area (Å²) in [6.45, 7) is 2.52. The molecule has 1 amide bonds. The number of hydrogen-bond acceptors (Lipinski definition) is 7. The third kappa shape index (κ3) is 4.31. The van der Waals surface area contributed by atoms with Gasteiger partial charge in [-0.2, -0.15) is 0 Å². The fraction of sp³-hybridized carbons (Fsp3) is 0.400. The van der Waals surface area contributed by atoms with Crippen molar-refractivity contribution in [2.45, 2.75) is 25.0 Å². The van der Waals surface area contributed by atoms with Gasteiger partial charge in [-0.15, -0.1) is 0 Å². The Balaban J connectivity index is 1.87. The Labute approximate surface area is 182 Å². The van der Waals surface area contributed by atoms with Crippen LogP contribution >= 0.6 is 11.8 Å². The zero-order valence-corrected chi connectivity index (χ0v) is 18.9. The molecular formula is C20H25N5O5S. The van der Waals surface area contributed by atoms with Crippen LogP contribution in [0.2, 0.25) is 0 Å². The number of thioether (sulfide) groups is 1. The van der Waals surface area contributed by atoms with Crippen molar-refractivity contribution in [2.75, 3.05) is 25.3 Å². The maximum absolute atomic E-state index is 12.7. The highest BCUT2D eigenvalue weighted by molar-refractivity contribution is 7.99. The van der Waals surface area contributed by atoms with Gasteiger partial charge in [0, 0.05) is 26.7 Å². The van der Waals surface area contributed by atoms with Gasteiger partial charge < -0.3 is 19.4 Å². The van der Waals surface area contributed by atoms with Crippen molar-refractivity contribution < 1.29 is 14.3 Å². The summed E-state index contributed by atoms with van der Waals surface area (Å²) in [5.74, 6) is 0.903. The molecule has 11 heteroatoms. The average molecular weight is 448 g/mol. The molecular weight excluding hydrogens is 422 g/mol. The summed E-state index contributed by atoms with van der Waals surface area (Å²) in [7, 11) is 6.08. The van der Waals surface area contributed by atoms with Crippen LogP contribution in [-0.4, -0.2) is 44.6 Å². The van der Waals surface area contributed by atoms with Crippen molar-refractivity contribution in [2.24, 2.45) is 14.1 Å². The van der Waals surface area contributed by atoms with Crippen LogP contribution in [0.25, 0.3) is 11.2 Å². The molecule has 3 aromatic rings. The monoisotopic (exact) mass is 447 g/mol. The number of nitrogens with zero attached hydrogens (tertiary/aromatic N) is 4. The van der Waals surface area contributed by atoms with Crippen LogP contribution in [0.3, 0.4) is 0 Å². The van der Waals surface area contributed by atoms with Gasteiger partial charge in [0.15, 0.2) is 16.3 Å². The fourth-order valence-corrected chi connectivity index (χ4v) is 4.01. The maximum Gasteiger partial charge on any atom is 0.332 e. The number of carbonyl (C=O) groups is 1. The summed E-state index contributed by atoms with van der Waals surface area (Å²) in [6, 6.07) is 5.11. The number of benzene rings is 1. The quantitative estimate of drug-likeness (QED) is 0.522. The highest BCUT2D eigenvalue weighted by Crippen LogP contribution is 2.29. The van der Waals surface area contributed by atoms with Gasteiger partial charge in [-0.25, -0.2) is 9.78 Å². The standard InChI is InChI=1S/C20H25N5O5S/c1-6-9-25-16-17(23(2)20(28)24(3)18(16)27)22-19(25)31-11-15(26)21-13-8-7-12(29-4)10-14(13)30-5/h7-8,10H,6,9,11H2,1-5H3,(H,21,26). The third-order valence-corrected chi connectivity index (χ3v) is 5.75. The molecule has 0 saturated heterocycles. The second-order valence-corrected chi connectivity index (χ2v) is 7.77. The van der Waals surface area contributed by atoms with Gasteiger partial charge in [-0.3, -0.25) is 18.7 Å². The van der Waals surface area contributed by atoms with Crippen LogP contribution in [0.4, 0.5) is 5.69 Å². The first-order chi connectivity index (χ1) is 14.8. The minimum absolute atomic E-state index is 0.0660. The number of hydrogen-bond donors (Lipinski definition) is 1. The van der Waals surface area contributed by atoms with E-state index in [9.17, 15) is 14.4 Å². The number of aryl methyl sites for hydroxylation is 2. The van der Waals surface area contributed by atoms with E-state index in [0.29, 0.717) is 40.1 Å². The van der Waals surface area contributed by atoms with Gasteiger partial charge in [0.2, 0.25) is 5.91 Å². The first kappa shape index (κ1) is 22.5. The van der Waals surface area contributed by atoms with Crippen molar-refractivity contribution >= 4 is 34.5 Å². The average Bonchev–Trinajstić information content (AvgIpc) is 3.13. The molecule has 2 aromatic heterocycles. The maximum atomic E-state index is 12.7. The van der Waals surface area contributed by atoms with Gasteiger partial charge in [0.05, 0.1) is 25.7 Å². The number of ether oxygens (including phenoxy) is 2. The van der Waals surface area contributed by atoms with Crippen molar-refractivity contribution in [3.8, 4) is 11.5 Å². The molecule has 0 aliphatic rings. The van der Waals surface area contributed by atoms with E-state index in [2.05, 4.69) is 10.3 Å². The summed E-state index contributed by atoms with van der Waals surface area (Å²) >= 11 is 1.20. The van der Waals surface area contributed by atoms with Crippen molar-refractivity contribution in [3.05, 3.63) is 39.0 Å². The molecule has 0 aliphatic carbocycles. The van der Waals surface area contributed by atoms with Crippen molar-refractivity contribution in [1.29, 1.82) is 0 Å². The van der Waals surface area contributed by atoms with Gasteiger partial charge >= 0.3 is 5.69 Å². The third-order valence-electron chi connectivity index (χ3n) is 4.78. The molecule has 10 nitrogen and oxygen atoms in total. The molecule has 31 heavy (non-hydrogen) atoms. The lowest BCUT2D eigenvalue weighted by Gasteiger charge is -2.12. The highest BCUT2D eigenvalue weighted by atomic mass is 32.2. The topological polar surface area (TPSA) is 109 Å². The number of imidazole rings is 1. The van der Waals surface area contributed by atoms with Crippen LogP contribution in [0.1, 0.15) is 13.3 Å². The molecule has 0 fully saturated rings. The molecule has 2 heterocycles. The van der Waals surface area contributed by atoms with Crippen LogP contribution < -0.4 is 26.0 Å². The van der Waals surface area contributed by atoms with E-state index in [4.69, 9.17) is 9.47 Å². The molecule has 1 aromatic carbocycles. The molecule has 0 unspecified atom stereocenters. The first-order valence-corrected chi connectivity index (χ1v) is 10.6. The highest BCUT2D eigenvalue weighted by Gasteiger charge is 2.20. The lowest BCUT2D eigenvalue weighted by molar-refractivity contribution is -0.113. The zero-order valence-electron chi connectivity index (χ0n) is 18.1. The van der Waals surface area contributed by atoms with Crippen LogP contribution in [0, 0.1) is 0 Å². The van der Waals surface area contributed by atoms with E-state index >= 15 is 0 Å². The molecule has 0 radical (unpaired) electrons. The number of amides is 1. The number of fused-ring (bicyclic) bond motifs is 1. The number of rotatable bonds is 8. The number of aromatic nitrogens is 4. The Morgan fingerprint density at radius 2 is 1.90 bits per heavy atom. The Morgan fingerprint density at radius 3 is 2.55 bits per heavy atom. The van der Waals surface area contributed by atoms with Crippen LogP contribution in [0.5, 0.6) is 11.5 Å². The molecule has 0 bridgehead atoms. The second kappa shape index (κ2) is 9.29. The van der Waals surface area contributed by atoms with Crippen LogP contribution in [0.15, 0.2) is 32.9 Å². The fourth-order valence-electron chi connectivity index (χ4n) is 3.19. The van der Waals surface area contributed by atoms with Gasteiger partial charge in [-0.1, -0.05) is 18.7 Å². The molecule has 0 atom stereocenters. The predicted molar refractivity (Wildman–Crippen MR) is 119 cm³/mol. The summed E-state index contributed by atoms with van der Waals surface area (Å²) in [4.78, 5) is 42.0. The second-order valence-electron chi connectivity index (χ2n) is 6.83. The lowest BCUT2D eigenvalue weighted by atomic mass is 10.2. The van der Waals surface area contributed by atoms with Crippen molar-refractivity contribution in [1.82, 2.24) is 18.7 Å². The van der Waals surface area contributed by atoms with Crippen molar-refractivity contribution in [3.63, 3.8) is 0 Å². The number of carbonyl (C=O) groups excluding carboxylic acids is 1. The molecule has 0 saturated carbocycles. The minimum Gasteiger partial charge on any atom is -0.497 e. The SMILES string of the molecule is CCCn1c(SCC(=O)Nc2ccc(OC)cc2OC)nc2c1c(=O)n(C)c(=O)n2C.